The van der Waals surface area contributed by atoms with Crippen LogP contribution in [0.5, 0.6) is 0 Å². The molecule has 1 N–H and O–H groups in total. The van der Waals surface area contributed by atoms with Crippen LogP contribution in [0.3, 0.4) is 0 Å². The number of carbonyl (C=O) groups is 1. The lowest BCUT2D eigenvalue weighted by Gasteiger charge is -2.27. The fourth-order valence-corrected chi connectivity index (χ4v) is 2.27. The van der Waals surface area contributed by atoms with Crippen LogP contribution in [0.4, 0.5) is 4.79 Å². The van der Waals surface area contributed by atoms with Crippen molar-refractivity contribution in [2.24, 2.45) is 0 Å². The quantitative estimate of drug-likeness (QED) is 0.764. The SMILES string of the molecule is O=C(O)N1CCc2c(Cl)ccc(Cl)c2C1. The molecule has 0 spiro atoms. The summed E-state index contributed by atoms with van der Waals surface area (Å²) >= 11 is 12.0. The van der Waals surface area contributed by atoms with Crippen molar-refractivity contribution in [1.82, 2.24) is 4.90 Å². The second-order valence-electron chi connectivity index (χ2n) is 3.44. The van der Waals surface area contributed by atoms with Gasteiger partial charge in [-0.3, -0.25) is 0 Å². The van der Waals surface area contributed by atoms with Crippen LogP contribution in [0.2, 0.25) is 10.0 Å². The molecule has 1 aromatic rings. The molecule has 1 heterocycles. The van der Waals surface area contributed by atoms with Crippen molar-refractivity contribution in [2.45, 2.75) is 13.0 Å². The maximum Gasteiger partial charge on any atom is 0.407 e. The molecule has 80 valence electrons. The maximum atomic E-state index is 10.8. The molecule has 15 heavy (non-hydrogen) atoms. The van der Waals surface area contributed by atoms with Crippen molar-refractivity contribution in [2.75, 3.05) is 6.54 Å². The Labute approximate surface area is 97.2 Å². The number of hydrogen-bond acceptors (Lipinski definition) is 1. The minimum Gasteiger partial charge on any atom is -0.465 e. The van der Waals surface area contributed by atoms with Crippen LogP contribution in [0.1, 0.15) is 11.1 Å². The zero-order chi connectivity index (χ0) is 11.0. The van der Waals surface area contributed by atoms with E-state index in [4.69, 9.17) is 28.3 Å². The molecule has 0 saturated carbocycles. The van der Waals surface area contributed by atoms with Crippen molar-refractivity contribution in [3.63, 3.8) is 0 Å². The molecule has 1 aliphatic rings. The molecule has 2 rings (SSSR count). The summed E-state index contributed by atoms with van der Waals surface area (Å²) in [6.07, 6.45) is -0.294. The van der Waals surface area contributed by atoms with Gasteiger partial charge in [0.2, 0.25) is 0 Å². The highest BCUT2D eigenvalue weighted by Gasteiger charge is 2.23. The van der Waals surface area contributed by atoms with Crippen molar-refractivity contribution in [3.05, 3.63) is 33.3 Å². The molecule has 0 atom stereocenters. The average Bonchev–Trinajstić information content (AvgIpc) is 2.23. The molecule has 1 aromatic carbocycles. The minimum atomic E-state index is -0.920. The van der Waals surface area contributed by atoms with Gasteiger partial charge in [0.25, 0.3) is 0 Å². The highest BCUT2D eigenvalue weighted by molar-refractivity contribution is 6.34. The molecule has 0 aliphatic carbocycles. The number of benzene rings is 1. The predicted molar refractivity (Wildman–Crippen MR) is 58.6 cm³/mol. The van der Waals surface area contributed by atoms with Gasteiger partial charge in [-0.2, -0.15) is 0 Å². The van der Waals surface area contributed by atoms with Gasteiger partial charge in [0, 0.05) is 16.6 Å². The van der Waals surface area contributed by atoms with E-state index in [0.29, 0.717) is 29.6 Å². The van der Waals surface area contributed by atoms with Gasteiger partial charge >= 0.3 is 6.09 Å². The zero-order valence-electron chi connectivity index (χ0n) is 7.83. The number of fused-ring (bicyclic) bond motifs is 1. The van der Waals surface area contributed by atoms with E-state index in [1.807, 2.05) is 0 Å². The Kier molecular flexibility index (Phi) is 2.76. The fraction of sp³-hybridized carbons (Fsp3) is 0.300. The molecule has 0 aromatic heterocycles. The van der Waals surface area contributed by atoms with Crippen LogP contribution >= 0.6 is 23.2 Å². The molecule has 0 bridgehead atoms. The molecule has 5 heteroatoms. The monoisotopic (exact) mass is 245 g/mol. The smallest absolute Gasteiger partial charge is 0.407 e. The lowest BCUT2D eigenvalue weighted by atomic mass is 10.00. The average molecular weight is 246 g/mol. The van der Waals surface area contributed by atoms with Crippen molar-refractivity contribution >= 4 is 29.3 Å². The Morgan fingerprint density at radius 1 is 1.27 bits per heavy atom. The third kappa shape index (κ3) is 1.90. The molecule has 0 unspecified atom stereocenters. The molecule has 0 radical (unpaired) electrons. The van der Waals surface area contributed by atoms with Crippen molar-refractivity contribution in [3.8, 4) is 0 Å². The summed E-state index contributed by atoms with van der Waals surface area (Å²) < 4.78 is 0. The first kappa shape index (κ1) is 10.6. The van der Waals surface area contributed by atoms with Crippen LogP contribution in [0, 0.1) is 0 Å². The van der Waals surface area contributed by atoms with E-state index in [1.165, 1.54) is 4.90 Å². The Balaban J connectivity index is 2.41. The van der Waals surface area contributed by atoms with Crippen molar-refractivity contribution < 1.29 is 9.90 Å². The molecular formula is C10H9Cl2NO2. The normalized spacial score (nSPS) is 14.9. The van der Waals surface area contributed by atoms with E-state index in [9.17, 15) is 4.79 Å². The highest BCUT2D eigenvalue weighted by Crippen LogP contribution is 2.31. The van der Waals surface area contributed by atoms with Crippen LogP contribution in [0.25, 0.3) is 0 Å². The Morgan fingerprint density at radius 2 is 1.87 bits per heavy atom. The van der Waals surface area contributed by atoms with Crippen LogP contribution in [-0.4, -0.2) is 22.6 Å². The topological polar surface area (TPSA) is 40.5 Å². The zero-order valence-corrected chi connectivity index (χ0v) is 9.35. The second-order valence-corrected chi connectivity index (χ2v) is 4.25. The third-order valence-corrected chi connectivity index (χ3v) is 3.28. The van der Waals surface area contributed by atoms with Crippen LogP contribution in [-0.2, 0) is 13.0 Å². The third-order valence-electron chi connectivity index (χ3n) is 2.57. The Bertz CT molecular complexity index is 420. The van der Waals surface area contributed by atoms with Gasteiger partial charge < -0.3 is 10.0 Å². The number of rotatable bonds is 0. The van der Waals surface area contributed by atoms with Gasteiger partial charge in [-0.15, -0.1) is 0 Å². The highest BCUT2D eigenvalue weighted by atomic mass is 35.5. The van der Waals surface area contributed by atoms with E-state index >= 15 is 0 Å². The summed E-state index contributed by atoms with van der Waals surface area (Å²) in [6, 6.07) is 3.45. The maximum absolute atomic E-state index is 10.8. The molecule has 1 amide bonds. The lowest BCUT2D eigenvalue weighted by Crippen LogP contribution is -2.35. The van der Waals surface area contributed by atoms with Gasteiger partial charge in [-0.25, -0.2) is 4.79 Å². The van der Waals surface area contributed by atoms with Gasteiger partial charge in [0.1, 0.15) is 0 Å². The summed E-state index contributed by atoms with van der Waals surface area (Å²) in [7, 11) is 0. The predicted octanol–water partition coefficient (Wildman–Crippen LogP) is 3.03. The molecule has 3 nitrogen and oxygen atoms in total. The largest absolute Gasteiger partial charge is 0.465 e. The molecule has 1 aliphatic heterocycles. The first-order valence-corrected chi connectivity index (χ1v) is 5.29. The Morgan fingerprint density at radius 3 is 2.47 bits per heavy atom. The summed E-state index contributed by atoms with van der Waals surface area (Å²) in [6.45, 7) is 0.798. The van der Waals surface area contributed by atoms with Gasteiger partial charge in [-0.1, -0.05) is 23.2 Å². The van der Waals surface area contributed by atoms with Gasteiger partial charge in [0.15, 0.2) is 0 Å². The Hall–Kier alpha value is -0.930. The lowest BCUT2D eigenvalue weighted by molar-refractivity contribution is 0.140. The number of nitrogens with zero attached hydrogens (tertiary/aromatic N) is 1. The molecule has 0 fully saturated rings. The van der Waals surface area contributed by atoms with Crippen molar-refractivity contribution in [1.29, 1.82) is 0 Å². The fourth-order valence-electron chi connectivity index (χ4n) is 1.76. The number of amides is 1. The summed E-state index contributed by atoms with van der Waals surface area (Å²) in [5.41, 5.74) is 1.81. The summed E-state index contributed by atoms with van der Waals surface area (Å²) in [4.78, 5) is 12.1. The van der Waals surface area contributed by atoms with E-state index in [2.05, 4.69) is 0 Å². The van der Waals surface area contributed by atoms with Crippen LogP contribution in [0.15, 0.2) is 12.1 Å². The number of halogens is 2. The second kappa shape index (κ2) is 3.91. The summed E-state index contributed by atoms with van der Waals surface area (Å²) in [5, 5.41) is 10.1. The van der Waals surface area contributed by atoms with Gasteiger partial charge in [-0.05, 0) is 29.7 Å². The molecular weight excluding hydrogens is 237 g/mol. The summed E-state index contributed by atoms with van der Waals surface area (Å²) in [5.74, 6) is 0. The van der Waals surface area contributed by atoms with E-state index in [-0.39, 0.29) is 0 Å². The van der Waals surface area contributed by atoms with E-state index in [1.54, 1.807) is 12.1 Å². The van der Waals surface area contributed by atoms with Crippen LogP contribution < -0.4 is 0 Å². The molecule has 0 saturated heterocycles. The first-order chi connectivity index (χ1) is 7.09. The number of hydrogen-bond donors (Lipinski definition) is 1. The minimum absolute atomic E-state index is 0.323. The van der Waals surface area contributed by atoms with E-state index in [0.717, 1.165) is 11.1 Å². The van der Waals surface area contributed by atoms with E-state index < -0.39 is 6.09 Å². The first-order valence-electron chi connectivity index (χ1n) is 4.53. The number of carboxylic acid groups (broad SMARTS) is 1. The standard InChI is InChI=1S/C10H9Cl2NO2/c11-8-1-2-9(12)7-5-13(10(14)15)4-3-6(7)8/h1-2H,3-5H2,(H,14,15). The van der Waals surface area contributed by atoms with Gasteiger partial charge in [0.05, 0.1) is 6.54 Å².